The second-order valence-corrected chi connectivity index (χ2v) is 8.10. The number of piperazine rings is 1. The zero-order chi connectivity index (χ0) is 20.8. The van der Waals surface area contributed by atoms with Crippen LogP contribution in [0.2, 0.25) is 0 Å². The number of nitrogens with one attached hydrogen (secondary N) is 4. The topological polar surface area (TPSA) is 76.1 Å². The monoisotopic (exact) mass is 415 g/mol. The highest BCUT2D eigenvalue weighted by molar-refractivity contribution is 7.80. The first kappa shape index (κ1) is 21.2. The first-order valence-electron chi connectivity index (χ1n) is 9.97. The summed E-state index contributed by atoms with van der Waals surface area (Å²) in [5.41, 5.74) is 2.10. The fourth-order valence-electron chi connectivity index (χ4n) is 3.97. The Kier molecular flexibility index (Phi) is 7.13. The minimum absolute atomic E-state index is 0.0627. The van der Waals surface area contributed by atoms with Gasteiger partial charge in [-0.1, -0.05) is 30.3 Å². The summed E-state index contributed by atoms with van der Waals surface area (Å²) < 4.78 is 0. The summed E-state index contributed by atoms with van der Waals surface area (Å²) >= 11 is 5.52. The molecule has 8 heteroatoms. The smallest absolute Gasteiger partial charge is 0.269 e. The Bertz CT molecular complexity index is 823. The standard InChI is InChI=1S/C21H27N5O2S/c1-16(22-21(29)23-18-8-10-19(11-9-18)26(27)28)20(17-6-4-3-5-7-17)25-14-12-24(2)13-15-25/h3-11,16,20H,12-15H2,1-2H3,(H2,22,23,29)/p+2/t16-,20-/m0/s1. The SMILES string of the molecule is C[C@H](NC(=S)Nc1ccc([N+](=O)[O-])cc1)[C@@H](c1ccccc1)[NH+]1CC[NH+](C)CC1. The Labute approximate surface area is 176 Å². The van der Waals surface area contributed by atoms with Gasteiger partial charge in [-0.15, -0.1) is 0 Å². The second-order valence-electron chi connectivity index (χ2n) is 7.69. The highest BCUT2D eigenvalue weighted by Crippen LogP contribution is 2.17. The van der Waals surface area contributed by atoms with E-state index >= 15 is 0 Å². The van der Waals surface area contributed by atoms with Crippen molar-refractivity contribution in [2.24, 2.45) is 0 Å². The van der Waals surface area contributed by atoms with Crippen molar-refractivity contribution in [3.05, 3.63) is 70.3 Å². The third kappa shape index (κ3) is 5.72. The van der Waals surface area contributed by atoms with Crippen molar-refractivity contribution in [2.75, 3.05) is 38.5 Å². The van der Waals surface area contributed by atoms with Gasteiger partial charge in [0.15, 0.2) is 5.11 Å². The summed E-state index contributed by atoms with van der Waals surface area (Å²) in [6, 6.07) is 17.3. The molecule has 2 atom stereocenters. The van der Waals surface area contributed by atoms with E-state index in [1.165, 1.54) is 17.7 Å². The molecular weight excluding hydrogens is 386 g/mol. The van der Waals surface area contributed by atoms with E-state index < -0.39 is 4.92 Å². The summed E-state index contributed by atoms with van der Waals surface area (Å²) in [5, 5.41) is 17.9. The molecule has 0 amide bonds. The fourth-order valence-corrected chi connectivity index (χ4v) is 4.27. The number of thiocarbonyl (C=S) groups is 1. The third-order valence-electron chi connectivity index (χ3n) is 5.54. The van der Waals surface area contributed by atoms with Gasteiger partial charge >= 0.3 is 0 Å². The van der Waals surface area contributed by atoms with Crippen LogP contribution in [0.3, 0.4) is 0 Å². The lowest BCUT2D eigenvalue weighted by Crippen LogP contribution is -3.27. The van der Waals surface area contributed by atoms with Crippen LogP contribution in [0.25, 0.3) is 0 Å². The van der Waals surface area contributed by atoms with E-state index in [4.69, 9.17) is 12.2 Å². The van der Waals surface area contributed by atoms with Gasteiger partial charge in [-0.2, -0.15) is 0 Å². The van der Waals surface area contributed by atoms with Gasteiger partial charge in [-0.05, 0) is 31.3 Å². The lowest BCUT2D eigenvalue weighted by atomic mass is 9.98. The molecule has 29 heavy (non-hydrogen) atoms. The summed E-state index contributed by atoms with van der Waals surface area (Å²) in [6.45, 7) is 6.74. The Morgan fingerprint density at radius 3 is 2.28 bits per heavy atom. The average molecular weight is 416 g/mol. The molecule has 0 radical (unpaired) electrons. The minimum Gasteiger partial charge on any atom is -0.354 e. The van der Waals surface area contributed by atoms with Crippen molar-refractivity contribution in [3.63, 3.8) is 0 Å². The lowest BCUT2D eigenvalue weighted by Gasteiger charge is -2.37. The molecule has 1 fully saturated rings. The third-order valence-corrected chi connectivity index (χ3v) is 5.76. The first-order chi connectivity index (χ1) is 13.9. The van der Waals surface area contributed by atoms with Crippen LogP contribution in [0.1, 0.15) is 18.5 Å². The van der Waals surface area contributed by atoms with Crippen LogP contribution < -0.4 is 20.4 Å². The van der Waals surface area contributed by atoms with Crippen molar-refractivity contribution in [1.29, 1.82) is 0 Å². The fraction of sp³-hybridized carbons (Fsp3) is 0.381. The van der Waals surface area contributed by atoms with E-state index in [9.17, 15) is 10.1 Å². The predicted octanol–water partition coefficient (Wildman–Crippen LogP) is 0.424. The van der Waals surface area contributed by atoms with Crippen LogP contribution in [-0.4, -0.2) is 49.3 Å². The number of rotatable bonds is 6. The summed E-state index contributed by atoms with van der Waals surface area (Å²) in [5.74, 6) is 0. The van der Waals surface area contributed by atoms with Gasteiger partial charge in [-0.3, -0.25) is 10.1 Å². The molecule has 1 heterocycles. The maximum absolute atomic E-state index is 10.8. The van der Waals surface area contributed by atoms with Gasteiger partial charge in [0.05, 0.1) is 18.0 Å². The van der Waals surface area contributed by atoms with E-state index in [2.05, 4.69) is 48.9 Å². The number of anilines is 1. The van der Waals surface area contributed by atoms with Gasteiger partial charge in [0.25, 0.3) is 5.69 Å². The number of nitro benzene ring substituents is 1. The van der Waals surface area contributed by atoms with E-state index in [-0.39, 0.29) is 11.7 Å². The van der Waals surface area contributed by atoms with Crippen LogP contribution in [0.5, 0.6) is 0 Å². The molecule has 154 valence electrons. The van der Waals surface area contributed by atoms with Crippen LogP contribution in [-0.2, 0) is 0 Å². The van der Waals surface area contributed by atoms with Gasteiger partial charge < -0.3 is 20.4 Å². The van der Waals surface area contributed by atoms with Crippen molar-refractivity contribution in [3.8, 4) is 0 Å². The number of quaternary nitrogens is 2. The molecule has 1 aliphatic rings. The predicted molar refractivity (Wildman–Crippen MR) is 118 cm³/mol. The quantitative estimate of drug-likeness (QED) is 0.313. The average Bonchev–Trinajstić information content (AvgIpc) is 2.71. The van der Waals surface area contributed by atoms with Crippen LogP contribution in [0.4, 0.5) is 11.4 Å². The largest absolute Gasteiger partial charge is 0.354 e. The van der Waals surface area contributed by atoms with Crippen molar-refractivity contribution in [2.45, 2.75) is 19.0 Å². The number of non-ortho nitro benzene ring substituents is 1. The molecule has 7 nitrogen and oxygen atoms in total. The van der Waals surface area contributed by atoms with E-state index in [0.717, 1.165) is 31.9 Å². The van der Waals surface area contributed by atoms with Crippen LogP contribution in [0.15, 0.2) is 54.6 Å². The molecule has 0 spiro atoms. The molecule has 3 rings (SSSR count). The Balaban J connectivity index is 1.68. The summed E-state index contributed by atoms with van der Waals surface area (Å²) in [4.78, 5) is 13.5. The molecule has 1 aliphatic heterocycles. The lowest BCUT2D eigenvalue weighted by molar-refractivity contribution is -1.02. The number of benzene rings is 2. The maximum Gasteiger partial charge on any atom is 0.269 e. The Morgan fingerprint density at radius 1 is 1.07 bits per heavy atom. The molecule has 2 aromatic rings. The molecule has 0 unspecified atom stereocenters. The van der Waals surface area contributed by atoms with Crippen molar-refractivity contribution in [1.82, 2.24) is 5.32 Å². The molecule has 4 N–H and O–H groups in total. The van der Waals surface area contributed by atoms with Gasteiger partial charge in [-0.25, -0.2) is 0 Å². The Hall–Kier alpha value is -2.55. The summed E-state index contributed by atoms with van der Waals surface area (Å²) in [7, 11) is 2.25. The highest BCUT2D eigenvalue weighted by atomic mass is 32.1. The van der Waals surface area contributed by atoms with E-state index in [1.807, 2.05) is 6.07 Å². The maximum atomic E-state index is 10.8. The molecule has 0 saturated carbocycles. The van der Waals surface area contributed by atoms with E-state index in [0.29, 0.717) is 11.2 Å². The normalized spacial score (nSPS) is 21.0. The van der Waals surface area contributed by atoms with Crippen molar-refractivity contribution < 1.29 is 14.7 Å². The Morgan fingerprint density at radius 2 is 1.69 bits per heavy atom. The number of nitro groups is 1. The highest BCUT2D eigenvalue weighted by Gasteiger charge is 2.33. The number of hydrogen-bond acceptors (Lipinski definition) is 3. The second kappa shape index (κ2) is 9.78. The zero-order valence-electron chi connectivity index (χ0n) is 16.9. The van der Waals surface area contributed by atoms with Crippen molar-refractivity contribution >= 4 is 28.7 Å². The first-order valence-corrected chi connectivity index (χ1v) is 10.4. The molecule has 2 aromatic carbocycles. The minimum atomic E-state index is -0.409. The molecule has 0 bridgehead atoms. The molecular formula is C21H29N5O2S+2. The molecule has 0 aliphatic carbocycles. The number of nitrogens with zero attached hydrogens (tertiary/aromatic N) is 1. The summed E-state index contributed by atoms with van der Waals surface area (Å²) in [6.07, 6.45) is 0. The van der Waals surface area contributed by atoms with E-state index in [1.54, 1.807) is 21.9 Å². The molecule has 1 saturated heterocycles. The number of likely N-dealkylation sites (N-methyl/N-ethyl adjacent to an activating group) is 1. The van der Waals surface area contributed by atoms with Crippen LogP contribution in [0, 0.1) is 10.1 Å². The van der Waals surface area contributed by atoms with Gasteiger partial charge in [0.2, 0.25) is 0 Å². The molecule has 0 aromatic heterocycles. The van der Waals surface area contributed by atoms with Gasteiger partial charge in [0, 0.05) is 23.4 Å². The van der Waals surface area contributed by atoms with Crippen LogP contribution >= 0.6 is 12.2 Å². The zero-order valence-corrected chi connectivity index (χ0v) is 17.7. The number of hydrogen-bond donors (Lipinski definition) is 4. The van der Waals surface area contributed by atoms with Gasteiger partial charge in [0.1, 0.15) is 32.2 Å².